The Morgan fingerprint density at radius 3 is 2.70 bits per heavy atom. The smallest absolute Gasteiger partial charge is 0.125 e. The molecule has 0 saturated heterocycles. The van der Waals surface area contributed by atoms with Gasteiger partial charge in [-0.25, -0.2) is 4.79 Å². The van der Waals surface area contributed by atoms with Crippen LogP contribution in [-0.4, -0.2) is 5.94 Å². The lowest BCUT2D eigenvalue weighted by atomic mass is 10.2. The Morgan fingerprint density at radius 2 is 2.10 bits per heavy atom. The third kappa shape index (κ3) is 1.24. The molecule has 2 heteroatoms. The van der Waals surface area contributed by atoms with Gasteiger partial charge in [-0.15, -0.1) is 0 Å². The summed E-state index contributed by atoms with van der Waals surface area (Å²) in [6.07, 6.45) is 1.31. The summed E-state index contributed by atoms with van der Waals surface area (Å²) in [5.41, 5.74) is 6.82. The average Bonchev–Trinajstić information content (AvgIpc) is 1.94. The molecule has 0 unspecified atom stereocenters. The Labute approximate surface area is 59.0 Å². The van der Waals surface area contributed by atoms with Gasteiger partial charge >= 0.3 is 0 Å². The van der Waals surface area contributed by atoms with Crippen molar-refractivity contribution in [2.45, 2.75) is 0 Å². The summed E-state index contributed by atoms with van der Waals surface area (Å²) in [4.78, 5) is 9.89. The Bertz CT molecular complexity index is 274. The molecule has 0 spiro atoms. The molecule has 0 amide bonds. The molecular weight excluding hydrogens is 126 g/mol. The third-order valence-electron chi connectivity index (χ3n) is 1.21. The Morgan fingerprint density at radius 1 is 1.40 bits per heavy atom. The molecule has 0 bridgehead atoms. The van der Waals surface area contributed by atoms with Crippen molar-refractivity contribution in [3.63, 3.8) is 0 Å². The monoisotopic (exact) mass is 133 g/mol. The molecule has 0 atom stereocenters. The van der Waals surface area contributed by atoms with Crippen molar-refractivity contribution in [3.8, 4) is 0 Å². The summed E-state index contributed by atoms with van der Waals surface area (Å²) in [7, 11) is 0. The first kappa shape index (κ1) is 6.59. The van der Waals surface area contributed by atoms with Gasteiger partial charge in [-0.05, 0) is 6.07 Å². The molecule has 1 rings (SSSR count). The van der Waals surface area contributed by atoms with Crippen molar-refractivity contribution in [2.75, 3.05) is 5.73 Å². The van der Waals surface area contributed by atoms with E-state index in [9.17, 15) is 4.79 Å². The SMILES string of the molecule is Nc1ccccc1C=C=O. The second-order valence-corrected chi connectivity index (χ2v) is 1.89. The van der Waals surface area contributed by atoms with E-state index < -0.39 is 0 Å². The van der Waals surface area contributed by atoms with Crippen LogP contribution in [0.15, 0.2) is 24.3 Å². The number of benzene rings is 1. The highest BCUT2D eigenvalue weighted by atomic mass is 16.1. The fourth-order valence-corrected chi connectivity index (χ4v) is 0.706. The van der Waals surface area contributed by atoms with Crippen molar-refractivity contribution in [1.29, 1.82) is 0 Å². The van der Waals surface area contributed by atoms with Crippen LogP contribution in [0.5, 0.6) is 0 Å². The maximum atomic E-state index is 9.89. The highest BCUT2D eigenvalue weighted by Crippen LogP contribution is 2.09. The van der Waals surface area contributed by atoms with Gasteiger partial charge in [0.15, 0.2) is 0 Å². The van der Waals surface area contributed by atoms with Crippen LogP contribution in [-0.2, 0) is 4.79 Å². The topological polar surface area (TPSA) is 43.1 Å². The lowest BCUT2D eigenvalue weighted by molar-refractivity contribution is 0.570. The number of nitrogen functional groups attached to an aromatic ring is 1. The summed E-state index contributed by atoms with van der Waals surface area (Å²) < 4.78 is 0. The lowest BCUT2D eigenvalue weighted by Gasteiger charge is -1.94. The van der Waals surface area contributed by atoms with Gasteiger partial charge in [-0.2, -0.15) is 0 Å². The van der Waals surface area contributed by atoms with Gasteiger partial charge in [-0.1, -0.05) is 18.2 Å². The van der Waals surface area contributed by atoms with Crippen molar-refractivity contribution < 1.29 is 4.79 Å². The van der Waals surface area contributed by atoms with Crippen molar-refractivity contribution in [3.05, 3.63) is 29.8 Å². The molecule has 0 aliphatic carbocycles. The second-order valence-electron chi connectivity index (χ2n) is 1.89. The van der Waals surface area contributed by atoms with Crippen LogP contribution in [0.3, 0.4) is 0 Å². The third-order valence-corrected chi connectivity index (χ3v) is 1.21. The Kier molecular flexibility index (Phi) is 1.88. The maximum absolute atomic E-state index is 9.89. The van der Waals surface area contributed by atoms with E-state index >= 15 is 0 Å². The zero-order chi connectivity index (χ0) is 7.40. The van der Waals surface area contributed by atoms with Gasteiger partial charge < -0.3 is 5.73 Å². The normalized spacial score (nSPS) is 8.40. The van der Waals surface area contributed by atoms with Gasteiger partial charge in [0.05, 0.1) is 0 Å². The number of nitrogens with two attached hydrogens (primary N) is 1. The summed E-state index contributed by atoms with van der Waals surface area (Å²) in [6, 6.07) is 7.14. The predicted octanol–water partition coefficient (Wildman–Crippen LogP) is 1.11. The minimum atomic E-state index is 0.603. The maximum Gasteiger partial charge on any atom is 0.125 e. The molecule has 0 fully saturated rings. The van der Waals surface area contributed by atoms with E-state index in [1.54, 1.807) is 18.1 Å². The zero-order valence-electron chi connectivity index (χ0n) is 5.37. The van der Waals surface area contributed by atoms with Crippen LogP contribution in [0.25, 0.3) is 6.08 Å². The molecule has 1 aromatic carbocycles. The number of carbonyl (C=O) groups excluding carboxylic acids is 1. The number of para-hydroxylation sites is 1. The first-order valence-electron chi connectivity index (χ1n) is 2.90. The van der Waals surface area contributed by atoms with Gasteiger partial charge in [0.25, 0.3) is 0 Å². The quantitative estimate of drug-likeness (QED) is 0.460. The number of anilines is 1. The van der Waals surface area contributed by atoms with Gasteiger partial charge in [0, 0.05) is 17.3 Å². The molecule has 10 heavy (non-hydrogen) atoms. The molecule has 0 aliphatic heterocycles. The predicted molar refractivity (Wildman–Crippen MR) is 41.0 cm³/mol. The summed E-state index contributed by atoms with van der Waals surface area (Å²) in [5, 5.41) is 0. The molecule has 0 aromatic heterocycles. The van der Waals surface area contributed by atoms with E-state index in [0.717, 1.165) is 5.56 Å². The molecule has 0 saturated carbocycles. The van der Waals surface area contributed by atoms with Crippen molar-refractivity contribution in [1.82, 2.24) is 0 Å². The fourth-order valence-electron chi connectivity index (χ4n) is 0.706. The minimum absolute atomic E-state index is 0.603. The van der Waals surface area contributed by atoms with Gasteiger partial charge in [0.2, 0.25) is 0 Å². The first-order valence-corrected chi connectivity index (χ1v) is 2.90. The minimum Gasteiger partial charge on any atom is -0.398 e. The van der Waals surface area contributed by atoms with Crippen molar-refractivity contribution >= 4 is 17.7 Å². The highest BCUT2D eigenvalue weighted by Gasteiger charge is 1.89. The molecule has 2 N–H and O–H groups in total. The molecule has 50 valence electrons. The molecule has 2 nitrogen and oxygen atoms in total. The summed E-state index contributed by atoms with van der Waals surface area (Å²) in [5.74, 6) is 1.67. The van der Waals surface area contributed by atoms with Crippen LogP contribution in [0.2, 0.25) is 0 Å². The highest BCUT2D eigenvalue weighted by molar-refractivity contribution is 5.79. The Hall–Kier alpha value is -1.53. The van der Waals surface area contributed by atoms with Gasteiger partial charge in [0.1, 0.15) is 5.94 Å². The van der Waals surface area contributed by atoms with Crippen LogP contribution in [0, 0.1) is 0 Å². The molecule has 0 aliphatic rings. The molecule has 1 aromatic rings. The van der Waals surface area contributed by atoms with E-state index in [2.05, 4.69) is 0 Å². The summed E-state index contributed by atoms with van der Waals surface area (Å²) >= 11 is 0. The van der Waals surface area contributed by atoms with E-state index in [-0.39, 0.29) is 0 Å². The largest absolute Gasteiger partial charge is 0.398 e. The van der Waals surface area contributed by atoms with Crippen molar-refractivity contribution in [2.24, 2.45) is 0 Å². The van der Waals surface area contributed by atoms with E-state index in [0.29, 0.717) is 5.69 Å². The Balaban J connectivity index is 3.14. The van der Waals surface area contributed by atoms with Gasteiger partial charge in [-0.3, -0.25) is 0 Å². The summed E-state index contributed by atoms with van der Waals surface area (Å²) in [6.45, 7) is 0. The number of rotatable bonds is 1. The lowest BCUT2D eigenvalue weighted by Crippen LogP contribution is -1.86. The van der Waals surface area contributed by atoms with Crippen LogP contribution in [0.1, 0.15) is 5.56 Å². The molecule has 0 heterocycles. The van der Waals surface area contributed by atoms with E-state index in [1.807, 2.05) is 12.1 Å². The molecule has 0 radical (unpaired) electrons. The van der Waals surface area contributed by atoms with E-state index in [1.165, 1.54) is 6.08 Å². The number of hydrogen-bond acceptors (Lipinski definition) is 2. The fraction of sp³-hybridized carbons (Fsp3) is 0. The number of hydrogen-bond donors (Lipinski definition) is 1. The van der Waals surface area contributed by atoms with Crippen LogP contribution < -0.4 is 5.73 Å². The first-order chi connectivity index (χ1) is 4.84. The zero-order valence-corrected chi connectivity index (χ0v) is 5.37. The average molecular weight is 133 g/mol. The van der Waals surface area contributed by atoms with Crippen LogP contribution >= 0.6 is 0 Å². The molecular formula is C8H7NO. The standard InChI is InChI=1S/C8H7NO/c9-8-4-2-1-3-7(8)5-6-10/h1-5H,9H2. The van der Waals surface area contributed by atoms with Crippen LogP contribution in [0.4, 0.5) is 5.69 Å². The van der Waals surface area contributed by atoms with E-state index in [4.69, 9.17) is 5.73 Å². The second kappa shape index (κ2) is 2.85.